The smallest absolute Gasteiger partial charge is 0.160 e. The summed E-state index contributed by atoms with van der Waals surface area (Å²) in [5.74, 6) is 1.09. The standard InChI is InChI=1S/C17H24N4O/c1-2-20-10-4-6-13(12-20)21-16-14(7-3-9-18-16)19-17(21)15-8-5-11-22-15/h3,7,9,13,15H,2,4-6,8,10-12H2,1H3. The monoisotopic (exact) mass is 300 g/mol. The van der Waals surface area contributed by atoms with Gasteiger partial charge in [-0.05, 0) is 50.9 Å². The van der Waals surface area contributed by atoms with Gasteiger partial charge in [0.2, 0.25) is 0 Å². The number of likely N-dealkylation sites (tertiary alicyclic amines) is 1. The first-order chi connectivity index (χ1) is 10.9. The SMILES string of the molecule is CCN1CCCC(n2c(C3CCCO3)nc3cccnc32)C1. The van der Waals surface area contributed by atoms with Crippen LogP contribution in [0.25, 0.3) is 11.2 Å². The quantitative estimate of drug-likeness (QED) is 0.874. The van der Waals surface area contributed by atoms with Gasteiger partial charge in [0.1, 0.15) is 17.4 Å². The largest absolute Gasteiger partial charge is 0.370 e. The third-order valence-electron chi connectivity index (χ3n) is 4.99. The first kappa shape index (κ1) is 14.2. The zero-order valence-corrected chi connectivity index (χ0v) is 13.2. The van der Waals surface area contributed by atoms with Crippen LogP contribution in [0.4, 0.5) is 0 Å². The van der Waals surface area contributed by atoms with E-state index < -0.39 is 0 Å². The minimum Gasteiger partial charge on any atom is -0.370 e. The fraction of sp³-hybridized carbons (Fsp3) is 0.647. The van der Waals surface area contributed by atoms with E-state index in [1.165, 1.54) is 19.4 Å². The van der Waals surface area contributed by atoms with Crippen molar-refractivity contribution in [3.63, 3.8) is 0 Å². The predicted molar refractivity (Wildman–Crippen MR) is 85.8 cm³/mol. The fourth-order valence-electron chi connectivity index (χ4n) is 3.84. The second-order valence-electron chi connectivity index (χ2n) is 6.38. The second kappa shape index (κ2) is 5.97. The van der Waals surface area contributed by atoms with Gasteiger partial charge in [-0.1, -0.05) is 6.92 Å². The van der Waals surface area contributed by atoms with Crippen molar-refractivity contribution in [2.24, 2.45) is 0 Å². The van der Waals surface area contributed by atoms with E-state index in [4.69, 9.17) is 9.72 Å². The first-order valence-electron chi connectivity index (χ1n) is 8.53. The Bertz CT molecular complexity index is 647. The molecule has 118 valence electrons. The van der Waals surface area contributed by atoms with E-state index in [1.807, 2.05) is 12.3 Å². The second-order valence-corrected chi connectivity index (χ2v) is 6.38. The van der Waals surface area contributed by atoms with Crippen LogP contribution in [0.2, 0.25) is 0 Å². The number of piperidine rings is 1. The Balaban J connectivity index is 1.78. The highest BCUT2D eigenvalue weighted by molar-refractivity contribution is 5.71. The molecule has 4 heterocycles. The molecule has 0 N–H and O–H groups in total. The Morgan fingerprint density at radius 3 is 3.09 bits per heavy atom. The molecule has 0 bridgehead atoms. The summed E-state index contributed by atoms with van der Waals surface area (Å²) in [6.07, 6.45) is 6.68. The van der Waals surface area contributed by atoms with Gasteiger partial charge in [-0.2, -0.15) is 0 Å². The van der Waals surface area contributed by atoms with Crippen LogP contribution in [-0.2, 0) is 4.74 Å². The fourth-order valence-corrected chi connectivity index (χ4v) is 3.84. The molecule has 2 aliphatic heterocycles. The molecule has 4 rings (SSSR count). The van der Waals surface area contributed by atoms with Crippen LogP contribution in [-0.4, -0.2) is 45.7 Å². The van der Waals surface area contributed by atoms with Crippen molar-refractivity contribution in [2.45, 2.75) is 44.8 Å². The Morgan fingerprint density at radius 1 is 1.32 bits per heavy atom. The molecule has 0 aromatic carbocycles. The highest BCUT2D eigenvalue weighted by atomic mass is 16.5. The molecule has 0 amide bonds. The number of hydrogen-bond donors (Lipinski definition) is 0. The third kappa shape index (κ3) is 2.42. The van der Waals surface area contributed by atoms with E-state index in [0.29, 0.717) is 6.04 Å². The lowest BCUT2D eigenvalue weighted by atomic mass is 10.0. The molecule has 2 aromatic heterocycles. The molecule has 2 unspecified atom stereocenters. The number of fused-ring (bicyclic) bond motifs is 1. The first-order valence-corrected chi connectivity index (χ1v) is 8.53. The summed E-state index contributed by atoms with van der Waals surface area (Å²) >= 11 is 0. The van der Waals surface area contributed by atoms with Gasteiger partial charge in [-0.15, -0.1) is 0 Å². The average molecular weight is 300 g/mol. The lowest BCUT2D eigenvalue weighted by Crippen LogP contribution is -2.37. The maximum atomic E-state index is 5.93. The lowest BCUT2D eigenvalue weighted by Gasteiger charge is -2.33. The minimum atomic E-state index is 0.145. The zero-order valence-electron chi connectivity index (χ0n) is 13.2. The summed E-state index contributed by atoms with van der Waals surface area (Å²) in [5.41, 5.74) is 2.03. The number of hydrogen-bond acceptors (Lipinski definition) is 4. The van der Waals surface area contributed by atoms with Crippen molar-refractivity contribution < 1.29 is 4.74 Å². The number of rotatable bonds is 3. The van der Waals surface area contributed by atoms with Gasteiger partial charge < -0.3 is 14.2 Å². The molecule has 2 atom stereocenters. The number of ether oxygens (including phenoxy) is 1. The van der Waals surface area contributed by atoms with Crippen molar-refractivity contribution in [1.82, 2.24) is 19.4 Å². The van der Waals surface area contributed by atoms with Crippen LogP contribution in [0.3, 0.4) is 0 Å². The van der Waals surface area contributed by atoms with Gasteiger partial charge in [-0.25, -0.2) is 9.97 Å². The van der Waals surface area contributed by atoms with Crippen molar-refractivity contribution in [1.29, 1.82) is 0 Å². The Labute approximate surface area is 131 Å². The molecular formula is C17H24N4O. The highest BCUT2D eigenvalue weighted by Crippen LogP contribution is 2.34. The third-order valence-corrected chi connectivity index (χ3v) is 4.99. The number of nitrogens with zero attached hydrogens (tertiary/aromatic N) is 4. The molecule has 2 aromatic rings. The van der Waals surface area contributed by atoms with Gasteiger partial charge >= 0.3 is 0 Å². The maximum absolute atomic E-state index is 5.93. The van der Waals surface area contributed by atoms with Crippen LogP contribution in [0, 0.1) is 0 Å². The number of likely N-dealkylation sites (N-methyl/N-ethyl adjacent to an activating group) is 1. The molecule has 0 spiro atoms. The Morgan fingerprint density at radius 2 is 2.27 bits per heavy atom. The van der Waals surface area contributed by atoms with Crippen LogP contribution < -0.4 is 0 Å². The van der Waals surface area contributed by atoms with Crippen LogP contribution in [0.1, 0.15) is 50.6 Å². The summed E-state index contributed by atoms with van der Waals surface area (Å²) in [6.45, 7) is 6.52. The van der Waals surface area contributed by atoms with Crippen LogP contribution in [0.5, 0.6) is 0 Å². The van der Waals surface area contributed by atoms with E-state index in [2.05, 4.69) is 27.4 Å². The predicted octanol–water partition coefficient (Wildman–Crippen LogP) is 2.94. The van der Waals surface area contributed by atoms with Gasteiger partial charge in [-0.3, -0.25) is 0 Å². The van der Waals surface area contributed by atoms with Crippen molar-refractivity contribution >= 4 is 11.2 Å². The molecular weight excluding hydrogens is 276 g/mol. The molecule has 2 saturated heterocycles. The number of pyridine rings is 1. The summed E-state index contributed by atoms with van der Waals surface area (Å²) in [4.78, 5) is 12.0. The summed E-state index contributed by atoms with van der Waals surface area (Å²) in [7, 11) is 0. The number of aromatic nitrogens is 3. The number of imidazole rings is 1. The topological polar surface area (TPSA) is 43.2 Å². The van der Waals surface area contributed by atoms with Gasteiger partial charge in [0.15, 0.2) is 5.65 Å². The summed E-state index contributed by atoms with van der Waals surface area (Å²) in [5, 5.41) is 0. The molecule has 0 radical (unpaired) electrons. The van der Waals surface area contributed by atoms with Crippen molar-refractivity contribution in [3.8, 4) is 0 Å². The van der Waals surface area contributed by atoms with E-state index in [1.54, 1.807) is 0 Å². The molecule has 0 saturated carbocycles. The minimum absolute atomic E-state index is 0.145. The normalized spacial score (nSPS) is 26.8. The van der Waals surface area contributed by atoms with E-state index in [0.717, 1.165) is 49.5 Å². The highest BCUT2D eigenvalue weighted by Gasteiger charge is 2.30. The molecule has 22 heavy (non-hydrogen) atoms. The molecule has 5 nitrogen and oxygen atoms in total. The molecule has 2 aliphatic rings. The summed E-state index contributed by atoms with van der Waals surface area (Å²) < 4.78 is 8.31. The molecule has 5 heteroatoms. The lowest BCUT2D eigenvalue weighted by molar-refractivity contribution is 0.0966. The van der Waals surface area contributed by atoms with Gasteiger partial charge in [0.05, 0.1) is 0 Å². The Kier molecular flexibility index (Phi) is 3.84. The Hall–Kier alpha value is -1.46. The van der Waals surface area contributed by atoms with Gasteiger partial charge in [0.25, 0.3) is 0 Å². The summed E-state index contributed by atoms with van der Waals surface area (Å²) in [6, 6.07) is 4.50. The maximum Gasteiger partial charge on any atom is 0.160 e. The zero-order chi connectivity index (χ0) is 14.9. The van der Waals surface area contributed by atoms with E-state index in [-0.39, 0.29) is 6.10 Å². The van der Waals surface area contributed by atoms with E-state index >= 15 is 0 Å². The van der Waals surface area contributed by atoms with Crippen LogP contribution in [0.15, 0.2) is 18.3 Å². The average Bonchev–Trinajstić information content (AvgIpc) is 3.22. The van der Waals surface area contributed by atoms with E-state index in [9.17, 15) is 0 Å². The molecule has 0 aliphatic carbocycles. The van der Waals surface area contributed by atoms with Gasteiger partial charge in [0, 0.05) is 25.4 Å². The molecule has 2 fully saturated rings. The van der Waals surface area contributed by atoms with Crippen molar-refractivity contribution in [3.05, 3.63) is 24.2 Å². The van der Waals surface area contributed by atoms with Crippen LogP contribution >= 0.6 is 0 Å². The van der Waals surface area contributed by atoms with Crippen molar-refractivity contribution in [2.75, 3.05) is 26.2 Å².